The van der Waals surface area contributed by atoms with E-state index in [1.807, 2.05) is 6.20 Å². The second kappa shape index (κ2) is 6.67. The van der Waals surface area contributed by atoms with Crippen molar-refractivity contribution >= 4 is 11.3 Å². The lowest BCUT2D eigenvalue weighted by Gasteiger charge is -2.32. The largest absolute Gasteiger partial charge is 0.401 e. The van der Waals surface area contributed by atoms with Crippen LogP contribution in [0.4, 0.5) is 13.2 Å². The molecular formula is C12H18F3N3S. The minimum absolute atomic E-state index is 0.484. The molecule has 3 nitrogen and oxygen atoms in total. The number of halogens is 3. The van der Waals surface area contributed by atoms with Crippen LogP contribution in [-0.4, -0.2) is 42.2 Å². The molecule has 19 heavy (non-hydrogen) atoms. The normalized spacial score (nSPS) is 18.9. The van der Waals surface area contributed by atoms with E-state index < -0.39 is 12.7 Å². The van der Waals surface area contributed by atoms with E-state index in [4.69, 9.17) is 0 Å². The number of nitrogens with zero attached hydrogens (tertiary/aromatic N) is 2. The molecule has 1 aromatic heterocycles. The molecule has 1 aliphatic rings. The van der Waals surface area contributed by atoms with Crippen molar-refractivity contribution in [3.63, 3.8) is 0 Å². The van der Waals surface area contributed by atoms with Gasteiger partial charge in [0, 0.05) is 17.6 Å². The molecule has 0 aromatic carbocycles. The van der Waals surface area contributed by atoms with E-state index in [1.165, 1.54) is 9.78 Å². The van der Waals surface area contributed by atoms with Gasteiger partial charge in [-0.1, -0.05) is 0 Å². The van der Waals surface area contributed by atoms with Crippen LogP contribution in [0.2, 0.25) is 0 Å². The minimum atomic E-state index is -4.07. The lowest BCUT2D eigenvalue weighted by molar-refractivity contribution is -0.148. The number of aromatic nitrogens is 1. The van der Waals surface area contributed by atoms with Gasteiger partial charge in [-0.25, -0.2) is 0 Å². The molecule has 0 unspecified atom stereocenters. The molecule has 0 saturated carbocycles. The summed E-state index contributed by atoms with van der Waals surface area (Å²) in [5, 5.41) is 3.35. The third-order valence-electron chi connectivity index (χ3n) is 3.33. The van der Waals surface area contributed by atoms with Crippen molar-refractivity contribution in [2.75, 3.05) is 26.2 Å². The van der Waals surface area contributed by atoms with Crippen molar-refractivity contribution in [2.45, 2.75) is 25.6 Å². The maximum absolute atomic E-state index is 12.2. The summed E-state index contributed by atoms with van der Waals surface area (Å²) < 4.78 is 36.7. The molecule has 1 fully saturated rings. The van der Waals surface area contributed by atoms with Crippen molar-refractivity contribution in [1.82, 2.24) is 15.2 Å². The predicted molar refractivity (Wildman–Crippen MR) is 69.0 cm³/mol. The Bertz CT molecular complexity index is 359. The Morgan fingerprint density at radius 1 is 1.37 bits per heavy atom. The molecule has 0 spiro atoms. The molecule has 1 aromatic rings. The Morgan fingerprint density at radius 2 is 2.11 bits per heavy atom. The zero-order chi connectivity index (χ0) is 13.7. The lowest BCUT2D eigenvalue weighted by atomic mass is 9.97. The van der Waals surface area contributed by atoms with Gasteiger partial charge >= 0.3 is 6.18 Å². The Kier molecular flexibility index (Phi) is 5.18. The van der Waals surface area contributed by atoms with Gasteiger partial charge in [-0.2, -0.15) is 13.2 Å². The van der Waals surface area contributed by atoms with E-state index >= 15 is 0 Å². The first-order chi connectivity index (χ1) is 9.03. The second-order valence-electron chi connectivity index (χ2n) is 4.93. The third-order valence-corrected chi connectivity index (χ3v) is 4.11. The molecule has 0 atom stereocenters. The minimum Gasteiger partial charge on any atom is -0.312 e. The van der Waals surface area contributed by atoms with Crippen LogP contribution in [0.5, 0.6) is 0 Å². The summed E-state index contributed by atoms with van der Waals surface area (Å²) in [6.45, 7) is 2.00. The molecule has 0 bridgehead atoms. The number of piperidine rings is 1. The number of hydrogen-bond acceptors (Lipinski definition) is 4. The first kappa shape index (κ1) is 14.7. The molecule has 7 heteroatoms. The second-order valence-corrected chi connectivity index (χ2v) is 5.90. The molecular weight excluding hydrogens is 275 g/mol. The van der Waals surface area contributed by atoms with E-state index in [1.54, 1.807) is 16.8 Å². The summed E-state index contributed by atoms with van der Waals surface area (Å²) in [7, 11) is 0. The fraction of sp³-hybridized carbons (Fsp3) is 0.750. The molecule has 1 aliphatic heterocycles. The van der Waals surface area contributed by atoms with Crippen LogP contribution < -0.4 is 5.32 Å². The van der Waals surface area contributed by atoms with Crippen molar-refractivity contribution in [2.24, 2.45) is 5.92 Å². The zero-order valence-electron chi connectivity index (χ0n) is 10.6. The monoisotopic (exact) mass is 293 g/mol. The van der Waals surface area contributed by atoms with Gasteiger partial charge in [0.05, 0.1) is 12.1 Å². The van der Waals surface area contributed by atoms with Gasteiger partial charge in [-0.05, 0) is 38.4 Å². The first-order valence-corrected chi connectivity index (χ1v) is 7.28. The molecule has 0 radical (unpaired) electrons. The number of thiazole rings is 1. The van der Waals surface area contributed by atoms with Crippen molar-refractivity contribution < 1.29 is 13.2 Å². The number of likely N-dealkylation sites (tertiary alicyclic amines) is 1. The number of alkyl halides is 3. The smallest absolute Gasteiger partial charge is 0.312 e. The summed E-state index contributed by atoms with van der Waals surface area (Å²) in [4.78, 5) is 6.69. The highest BCUT2D eigenvalue weighted by Gasteiger charge is 2.32. The molecule has 0 aliphatic carbocycles. The van der Waals surface area contributed by atoms with Gasteiger partial charge < -0.3 is 5.32 Å². The van der Waals surface area contributed by atoms with E-state index in [0.717, 1.165) is 25.9 Å². The Hall–Kier alpha value is -0.660. The molecule has 108 valence electrons. The summed E-state index contributed by atoms with van der Waals surface area (Å²) in [5.41, 5.74) is 1.80. The van der Waals surface area contributed by atoms with E-state index in [2.05, 4.69) is 10.3 Å². The number of nitrogens with one attached hydrogen (secondary N) is 1. The molecule has 2 heterocycles. The average Bonchev–Trinajstić information content (AvgIpc) is 2.82. The highest BCUT2D eigenvalue weighted by atomic mass is 32.1. The SMILES string of the molecule is FC(F)(F)CN1CCC(CNCc2cncs2)CC1. The standard InChI is InChI=1S/C12H18F3N3S/c13-12(14,15)8-18-3-1-10(2-4-18)5-16-6-11-7-17-9-19-11/h7,9-10,16H,1-6,8H2. The molecule has 1 saturated heterocycles. The van der Waals surface area contributed by atoms with Gasteiger partial charge in [0.2, 0.25) is 0 Å². The maximum Gasteiger partial charge on any atom is 0.401 e. The highest BCUT2D eigenvalue weighted by molar-refractivity contribution is 7.09. The van der Waals surface area contributed by atoms with Crippen LogP contribution >= 0.6 is 11.3 Å². The van der Waals surface area contributed by atoms with Gasteiger partial charge in [0.15, 0.2) is 0 Å². The molecule has 1 N–H and O–H groups in total. The Morgan fingerprint density at radius 3 is 2.68 bits per heavy atom. The first-order valence-electron chi connectivity index (χ1n) is 6.40. The summed E-state index contributed by atoms with van der Waals surface area (Å²) >= 11 is 1.61. The van der Waals surface area contributed by atoms with Crippen molar-refractivity contribution in [3.05, 3.63) is 16.6 Å². The van der Waals surface area contributed by atoms with Gasteiger partial charge in [-0.15, -0.1) is 11.3 Å². The summed E-state index contributed by atoms with van der Waals surface area (Å²) in [6.07, 6.45) is -0.557. The number of rotatable bonds is 5. The summed E-state index contributed by atoms with van der Waals surface area (Å²) in [6, 6.07) is 0. The molecule has 2 rings (SSSR count). The highest BCUT2D eigenvalue weighted by Crippen LogP contribution is 2.22. The third kappa shape index (κ3) is 5.46. The van der Waals surface area contributed by atoms with Crippen LogP contribution in [0.15, 0.2) is 11.7 Å². The molecule has 0 amide bonds. The van der Waals surface area contributed by atoms with Crippen LogP contribution in [0, 0.1) is 5.92 Å². The fourth-order valence-corrected chi connectivity index (χ4v) is 2.90. The van der Waals surface area contributed by atoms with Crippen LogP contribution in [-0.2, 0) is 6.54 Å². The lowest BCUT2D eigenvalue weighted by Crippen LogP contribution is -2.41. The Labute approximate surface area is 114 Å². The van der Waals surface area contributed by atoms with E-state index in [9.17, 15) is 13.2 Å². The summed E-state index contributed by atoms with van der Waals surface area (Å²) in [5.74, 6) is 0.484. The maximum atomic E-state index is 12.2. The predicted octanol–water partition coefficient (Wildman–Crippen LogP) is 2.51. The van der Waals surface area contributed by atoms with Gasteiger partial charge in [-0.3, -0.25) is 9.88 Å². The van der Waals surface area contributed by atoms with Crippen LogP contribution in [0.25, 0.3) is 0 Å². The van der Waals surface area contributed by atoms with Crippen LogP contribution in [0.3, 0.4) is 0 Å². The quantitative estimate of drug-likeness (QED) is 0.904. The van der Waals surface area contributed by atoms with Crippen LogP contribution in [0.1, 0.15) is 17.7 Å². The fourth-order valence-electron chi connectivity index (χ4n) is 2.33. The van der Waals surface area contributed by atoms with E-state index in [-0.39, 0.29) is 0 Å². The van der Waals surface area contributed by atoms with Crippen molar-refractivity contribution in [3.8, 4) is 0 Å². The number of hydrogen-bond donors (Lipinski definition) is 1. The average molecular weight is 293 g/mol. The van der Waals surface area contributed by atoms with Gasteiger partial charge in [0.1, 0.15) is 0 Å². The zero-order valence-corrected chi connectivity index (χ0v) is 11.4. The van der Waals surface area contributed by atoms with E-state index in [0.29, 0.717) is 19.0 Å². The van der Waals surface area contributed by atoms with Gasteiger partial charge in [0.25, 0.3) is 0 Å². The topological polar surface area (TPSA) is 28.2 Å². The van der Waals surface area contributed by atoms with Crippen molar-refractivity contribution in [1.29, 1.82) is 0 Å². The Balaban J connectivity index is 1.61.